The molecule has 0 aromatic carbocycles. The predicted octanol–water partition coefficient (Wildman–Crippen LogP) is -1.59. The Morgan fingerprint density at radius 3 is 1.73 bits per heavy atom. The summed E-state index contributed by atoms with van der Waals surface area (Å²) in [6.07, 6.45) is 0. The van der Waals surface area contributed by atoms with Gasteiger partial charge in [-0.2, -0.15) is 0 Å². The van der Waals surface area contributed by atoms with Crippen LogP contribution in [0, 0.1) is 0 Å². The van der Waals surface area contributed by atoms with Crippen molar-refractivity contribution >= 4 is 23.9 Å². The number of carboxylic acids is 3. The first-order chi connectivity index (χ1) is 10.1. The van der Waals surface area contributed by atoms with Gasteiger partial charge < -0.3 is 20.1 Å². The lowest BCUT2D eigenvalue weighted by atomic mass is 10.2. The van der Waals surface area contributed by atoms with Crippen molar-refractivity contribution in [2.75, 3.05) is 39.8 Å². The Labute approximate surface area is 126 Å². The van der Waals surface area contributed by atoms with E-state index in [0.717, 1.165) is 12.0 Å². The highest BCUT2D eigenvalue weighted by Gasteiger charge is 2.24. The Balaban J connectivity index is 4.87. The van der Waals surface area contributed by atoms with Crippen LogP contribution in [-0.2, 0) is 23.9 Å². The monoisotopic (exact) mass is 320 g/mol. The lowest BCUT2D eigenvalue weighted by Crippen LogP contribution is -2.48. The van der Waals surface area contributed by atoms with E-state index in [1.807, 2.05) is 0 Å². The molecule has 0 saturated carbocycles. The molecular weight excluding hydrogens is 300 g/mol. The molecule has 22 heavy (non-hydrogen) atoms. The molecule has 0 fully saturated rings. The van der Waals surface area contributed by atoms with Gasteiger partial charge in [-0.05, 0) is 6.92 Å². The highest BCUT2D eigenvalue weighted by atomic mass is 16.5. The van der Waals surface area contributed by atoms with E-state index in [-0.39, 0.29) is 13.1 Å². The number of hydrogen-bond donors (Lipinski definition) is 3. The van der Waals surface area contributed by atoms with Gasteiger partial charge in [0, 0.05) is 12.6 Å². The Hall–Kier alpha value is -2.20. The van der Waals surface area contributed by atoms with Crippen molar-refractivity contribution in [1.82, 2.24) is 9.80 Å². The minimum Gasteiger partial charge on any atom is -0.480 e. The van der Waals surface area contributed by atoms with E-state index in [0.29, 0.717) is 0 Å². The van der Waals surface area contributed by atoms with E-state index in [4.69, 9.17) is 15.3 Å². The summed E-state index contributed by atoms with van der Waals surface area (Å²) in [6.45, 7) is -0.201. The molecule has 0 aromatic rings. The number of carbonyl (C=O) groups is 4. The van der Waals surface area contributed by atoms with Gasteiger partial charge in [-0.25, -0.2) is 0 Å². The fourth-order valence-electron chi connectivity index (χ4n) is 1.83. The van der Waals surface area contributed by atoms with Crippen LogP contribution in [0.5, 0.6) is 0 Å². The average molecular weight is 320 g/mol. The highest BCUT2D eigenvalue weighted by Crippen LogP contribution is 2.03. The number of carboxylic acid groups (broad SMARTS) is 3. The van der Waals surface area contributed by atoms with Crippen LogP contribution in [0.15, 0.2) is 0 Å². The zero-order valence-corrected chi connectivity index (χ0v) is 12.4. The molecule has 0 saturated heterocycles. The minimum absolute atomic E-state index is 0.00194. The van der Waals surface area contributed by atoms with E-state index in [1.165, 1.54) is 4.90 Å². The molecule has 0 radical (unpaired) electrons. The van der Waals surface area contributed by atoms with Gasteiger partial charge in [-0.1, -0.05) is 0 Å². The van der Waals surface area contributed by atoms with Gasteiger partial charge in [-0.15, -0.1) is 0 Å². The number of nitrogens with zero attached hydrogens (tertiary/aromatic N) is 2. The molecule has 0 unspecified atom stereocenters. The molecule has 0 aromatic heterocycles. The summed E-state index contributed by atoms with van der Waals surface area (Å²) in [6, 6.07) is -0.587. The number of esters is 1. The molecule has 0 rings (SSSR count). The van der Waals surface area contributed by atoms with Gasteiger partial charge in [0.1, 0.15) is 0 Å². The quantitative estimate of drug-likeness (QED) is 0.381. The maximum Gasteiger partial charge on any atom is 0.319 e. The standard InChI is InChI=1S/C12H20N2O8/c1-8(14(5-10(17)18)6-11(19)20)3-13(4-9(15)16)7-12(21)22-2/h8H,3-7H2,1-2H3,(H,15,16)(H,17,18)(H,19,20)/t8-/m0/s1. The van der Waals surface area contributed by atoms with E-state index < -0.39 is 49.6 Å². The smallest absolute Gasteiger partial charge is 0.319 e. The molecule has 0 spiro atoms. The fourth-order valence-corrected chi connectivity index (χ4v) is 1.83. The van der Waals surface area contributed by atoms with E-state index in [9.17, 15) is 19.2 Å². The van der Waals surface area contributed by atoms with Crippen molar-refractivity contribution < 1.29 is 39.2 Å². The maximum absolute atomic E-state index is 11.3. The van der Waals surface area contributed by atoms with Crippen LogP contribution in [0.1, 0.15) is 6.92 Å². The molecule has 10 nitrogen and oxygen atoms in total. The first kappa shape index (κ1) is 19.8. The molecule has 0 aliphatic rings. The maximum atomic E-state index is 11.3. The third-order valence-corrected chi connectivity index (χ3v) is 2.76. The SMILES string of the molecule is COC(=O)CN(CC(=O)O)C[C@H](C)N(CC(=O)O)CC(=O)O. The topological polar surface area (TPSA) is 145 Å². The Bertz CT molecular complexity index is 409. The van der Waals surface area contributed by atoms with Crippen LogP contribution in [0.4, 0.5) is 0 Å². The molecule has 0 heterocycles. The normalized spacial score (nSPS) is 12.2. The van der Waals surface area contributed by atoms with Crippen molar-refractivity contribution in [3.05, 3.63) is 0 Å². The van der Waals surface area contributed by atoms with Gasteiger partial charge in [0.05, 0.1) is 33.3 Å². The summed E-state index contributed by atoms with van der Waals surface area (Å²) in [7, 11) is 1.16. The van der Waals surface area contributed by atoms with Gasteiger partial charge in [0.25, 0.3) is 0 Å². The molecule has 0 amide bonds. The lowest BCUT2D eigenvalue weighted by molar-refractivity contribution is -0.147. The number of rotatable bonds is 11. The zero-order chi connectivity index (χ0) is 17.3. The molecule has 1 atom stereocenters. The molecule has 0 aliphatic heterocycles. The zero-order valence-electron chi connectivity index (χ0n) is 12.4. The molecule has 126 valence electrons. The number of aliphatic carboxylic acids is 3. The Morgan fingerprint density at radius 1 is 0.909 bits per heavy atom. The van der Waals surface area contributed by atoms with E-state index in [1.54, 1.807) is 6.92 Å². The van der Waals surface area contributed by atoms with E-state index in [2.05, 4.69) is 4.74 Å². The van der Waals surface area contributed by atoms with Crippen LogP contribution in [0.25, 0.3) is 0 Å². The van der Waals surface area contributed by atoms with E-state index >= 15 is 0 Å². The van der Waals surface area contributed by atoms with Crippen molar-refractivity contribution in [2.45, 2.75) is 13.0 Å². The van der Waals surface area contributed by atoms with Gasteiger partial charge >= 0.3 is 23.9 Å². The first-order valence-electron chi connectivity index (χ1n) is 6.34. The lowest BCUT2D eigenvalue weighted by Gasteiger charge is -2.30. The number of hydrogen-bond acceptors (Lipinski definition) is 7. The number of methoxy groups -OCH3 is 1. The third-order valence-electron chi connectivity index (χ3n) is 2.76. The predicted molar refractivity (Wildman–Crippen MR) is 72.4 cm³/mol. The summed E-state index contributed by atoms with van der Waals surface area (Å²) in [4.78, 5) is 46.0. The largest absolute Gasteiger partial charge is 0.480 e. The summed E-state index contributed by atoms with van der Waals surface area (Å²) >= 11 is 0. The van der Waals surface area contributed by atoms with Crippen molar-refractivity contribution in [1.29, 1.82) is 0 Å². The second kappa shape index (κ2) is 9.68. The summed E-state index contributed by atoms with van der Waals surface area (Å²) in [5.74, 6) is -4.22. The third kappa shape index (κ3) is 8.87. The highest BCUT2D eigenvalue weighted by molar-refractivity contribution is 5.74. The average Bonchev–Trinajstić information content (AvgIpc) is 2.35. The molecule has 0 aliphatic carbocycles. The van der Waals surface area contributed by atoms with Gasteiger partial charge in [-0.3, -0.25) is 29.0 Å². The van der Waals surface area contributed by atoms with Gasteiger partial charge in [0.2, 0.25) is 0 Å². The van der Waals surface area contributed by atoms with Crippen LogP contribution in [0.2, 0.25) is 0 Å². The molecule has 0 bridgehead atoms. The summed E-state index contributed by atoms with van der Waals surface area (Å²) < 4.78 is 4.46. The summed E-state index contributed by atoms with van der Waals surface area (Å²) in [5.41, 5.74) is 0. The Kier molecular flexibility index (Phi) is 8.72. The Morgan fingerprint density at radius 2 is 1.36 bits per heavy atom. The second-order valence-corrected chi connectivity index (χ2v) is 4.68. The van der Waals surface area contributed by atoms with Gasteiger partial charge in [0.15, 0.2) is 0 Å². The van der Waals surface area contributed by atoms with Crippen LogP contribution in [0.3, 0.4) is 0 Å². The van der Waals surface area contributed by atoms with Crippen LogP contribution < -0.4 is 0 Å². The van der Waals surface area contributed by atoms with Crippen LogP contribution >= 0.6 is 0 Å². The van der Waals surface area contributed by atoms with Crippen molar-refractivity contribution in [2.24, 2.45) is 0 Å². The number of ether oxygens (including phenoxy) is 1. The summed E-state index contributed by atoms with van der Waals surface area (Å²) in [5, 5.41) is 26.4. The van der Waals surface area contributed by atoms with Crippen molar-refractivity contribution in [3.8, 4) is 0 Å². The molecular formula is C12H20N2O8. The van der Waals surface area contributed by atoms with Crippen LogP contribution in [-0.4, -0.2) is 94.9 Å². The first-order valence-corrected chi connectivity index (χ1v) is 6.34. The second-order valence-electron chi connectivity index (χ2n) is 4.68. The molecule has 3 N–H and O–H groups in total. The minimum atomic E-state index is -1.20. The fraction of sp³-hybridized carbons (Fsp3) is 0.667. The van der Waals surface area contributed by atoms with Crippen molar-refractivity contribution in [3.63, 3.8) is 0 Å². The molecule has 10 heteroatoms. The number of carbonyl (C=O) groups excluding carboxylic acids is 1.